The van der Waals surface area contributed by atoms with E-state index < -0.39 is 6.10 Å². The van der Waals surface area contributed by atoms with Crippen LogP contribution in [0, 0.1) is 13.8 Å². The van der Waals surface area contributed by atoms with Crippen LogP contribution in [-0.2, 0) is 22.4 Å². The predicted octanol–water partition coefficient (Wildman–Crippen LogP) is 3.85. The Morgan fingerprint density at radius 2 is 1.69 bits per heavy atom. The van der Waals surface area contributed by atoms with Gasteiger partial charge in [0.2, 0.25) is 0 Å². The molecule has 2 aromatic heterocycles. The largest absolute Gasteiger partial charge is 0.469 e. The van der Waals surface area contributed by atoms with Crippen molar-refractivity contribution in [2.45, 2.75) is 52.2 Å². The number of hydrogen-bond donors (Lipinski definition) is 2. The van der Waals surface area contributed by atoms with Crippen molar-refractivity contribution < 1.29 is 14.6 Å². The molecular weight excluding hydrogens is 402 g/mol. The summed E-state index contributed by atoms with van der Waals surface area (Å²) in [6.45, 7) is 8.75. The normalized spacial score (nSPS) is 12.6. The maximum absolute atomic E-state index is 11.4. The summed E-state index contributed by atoms with van der Waals surface area (Å²) in [5.74, 6) is 0.611. The van der Waals surface area contributed by atoms with Crippen LogP contribution in [-0.4, -0.2) is 39.8 Å². The van der Waals surface area contributed by atoms with Gasteiger partial charge < -0.3 is 19.7 Å². The lowest BCUT2D eigenvalue weighted by Crippen LogP contribution is -2.43. The molecule has 2 N–H and O–H groups in total. The number of aliphatic hydroxyl groups excluding tert-OH is 1. The fourth-order valence-corrected chi connectivity index (χ4v) is 3.83. The average Bonchev–Trinajstić information content (AvgIpc) is 3.11. The fraction of sp³-hybridized carbons (Fsp3) is 0.385. The number of rotatable bonds is 9. The molecule has 0 radical (unpaired) electrons. The van der Waals surface area contributed by atoms with Crippen LogP contribution < -0.4 is 5.32 Å². The molecule has 0 spiro atoms. The first-order chi connectivity index (χ1) is 15.2. The lowest BCUT2D eigenvalue weighted by Gasteiger charge is -2.28. The summed E-state index contributed by atoms with van der Waals surface area (Å²) in [6, 6.07) is 16.0. The molecule has 2 heterocycles. The van der Waals surface area contributed by atoms with E-state index in [-0.39, 0.29) is 17.9 Å². The third kappa shape index (κ3) is 6.05. The van der Waals surface area contributed by atoms with Crippen molar-refractivity contribution in [2.24, 2.45) is 0 Å². The van der Waals surface area contributed by atoms with Gasteiger partial charge in [-0.15, -0.1) is 0 Å². The quantitative estimate of drug-likeness (QED) is 0.499. The van der Waals surface area contributed by atoms with Crippen LogP contribution in [0.25, 0.3) is 5.82 Å². The number of methoxy groups -OCH3 is 1. The second kappa shape index (κ2) is 10.1. The highest BCUT2D eigenvalue weighted by Gasteiger charge is 2.20. The van der Waals surface area contributed by atoms with Gasteiger partial charge >= 0.3 is 5.97 Å². The number of ether oxygens (including phenoxy) is 1. The number of β-amino-alcohol motifs (C(OH)–C–C–N with tert-alkyl or cyclic N) is 1. The Kier molecular flexibility index (Phi) is 7.48. The average molecular weight is 436 g/mol. The minimum absolute atomic E-state index is 0.211. The van der Waals surface area contributed by atoms with E-state index >= 15 is 0 Å². The molecule has 0 aliphatic heterocycles. The van der Waals surface area contributed by atoms with Gasteiger partial charge in [-0.1, -0.05) is 30.3 Å². The molecule has 170 valence electrons. The number of nitrogens with zero attached hydrogens (tertiary/aromatic N) is 2. The van der Waals surface area contributed by atoms with Crippen LogP contribution in [0.15, 0.2) is 54.7 Å². The van der Waals surface area contributed by atoms with Crippen LogP contribution in [0.5, 0.6) is 0 Å². The molecule has 0 aliphatic rings. The van der Waals surface area contributed by atoms with Crippen molar-refractivity contribution in [3.05, 3.63) is 82.8 Å². The van der Waals surface area contributed by atoms with Crippen LogP contribution in [0.1, 0.15) is 48.0 Å². The zero-order chi connectivity index (χ0) is 23.3. The van der Waals surface area contributed by atoms with Crippen LogP contribution >= 0.6 is 0 Å². The number of carbonyl (C=O) groups is 1. The number of aliphatic hydroxyl groups is 1. The molecule has 3 rings (SSSR count). The molecule has 1 atom stereocenters. The zero-order valence-corrected chi connectivity index (χ0v) is 19.6. The van der Waals surface area contributed by atoms with E-state index in [2.05, 4.69) is 54.7 Å². The highest BCUT2D eigenvalue weighted by molar-refractivity contribution is 5.72. The van der Waals surface area contributed by atoms with E-state index in [1.54, 1.807) is 6.20 Å². The second-order valence-electron chi connectivity index (χ2n) is 8.93. The summed E-state index contributed by atoms with van der Waals surface area (Å²) in [7, 11) is 1.40. The first-order valence-corrected chi connectivity index (χ1v) is 10.9. The molecule has 0 fully saturated rings. The second-order valence-corrected chi connectivity index (χ2v) is 8.93. The number of benzene rings is 1. The smallest absolute Gasteiger partial charge is 0.309 e. The van der Waals surface area contributed by atoms with Gasteiger partial charge in [0.25, 0.3) is 0 Å². The Balaban J connectivity index is 1.56. The molecule has 0 amide bonds. The maximum Gasteiger partial charge on any atom is 0.309 e. The standard InChI is InChI=1S/C26H33N3O3/c1-18-6-7-19(2)29(18)24-13-12-22(16-27-24)23(30)17-28-26(3,4)15-21-10-8-20(9-11-21)14-25(31)32-5/h6-13,16,23,28,30H,14-15,17H2,1-5H3/t23-/m0/s1. The van der Waals surface area contributed by atoms with Gasteiger partial charge in [-0.3, -0.25) is 4.79 Å². The first kappa shape index (κ1) is 23.7. The Hall–Kier alpha value is -2.96. The highest BCUT2D eigenvalue weighted by atomic mass is 16.5. The summed E-state index contributed by atoms with van der Waals surface area (Å²) >= 11 is 0. The summed E-state index contributed by atoms with van der Waals surface area (Å²) < 4.78 is 6.80. The molecule has 0 unspecified atom stereocenters. The number of hydrogen-bond acceptors (Lipinski definition) is 5. The summed E-state index contributed by atoms with van der Waals surface area (Å²) in [6.07, 6.45) is 2.17. The first-order valence-electron chi connectivity index (χ1n) is 10.9. The number of esters is 1. The Bertz CT molecular complexity index is 1020. The molecule has 32 heavy (non-hydrogen) atoms. The van der Waals surface area contributed by atoms with Crippen molar-refractivity contribution >= 4 is 5.97 Å². The van der Waals surface area contributed by atoms with Gasteiger partial charge in [0.1, 0.15) is 5.82 Å². The molecule has 0 saturated heterocycles. The molecule has 6 nitrogen and oxygen atoms in total. The van der Waals surface area contributed by atoms with Crippen molar-refractivity contribution in [3.8, 4) is 5.82 Å². The fourth-order valence-electron chi connectivity index (χ4n) is 3.83. The van der Waals surface area contributed by atoms with Gasteiger partial charge in [0.05, 0.1) is 19.6 Å². The molecule has 0 saturated carbocycles. The van der Waals surface area contributed by atoms with E-state index in [9.17, 15) is 9.90 Å². The SMILES string of the molecule is COC(=O)Cc1ccc(CC(C)(C)NC[C@H](O)c2ccc(-n3c(C)ccc3C)nc2)cc1. The lowest BCUT2D eigenvalue weighted by atomic mass is 9.93. The van der Waals surface area contributed by atoms with E-state index in [4.69, 9.17) is 4.74 Å². The summed E-state index contributed by atoms with van der Waals surface area (Å²) in [4.78, 5) is 16.0. The number of nitrogens with one attached hydrogen (secondary N) is 1. The number of carbonyl (C=O) groups excluding carboxylic acids is 1. The highest BCUT2D eigenvalue weighted by Crippen LogP contribution is 2.19. The Labute approximate surface area is 190 Å². The van der Waals surface area contributed by atoms with E-state index in [1.807, 2.05) is 36.4 Å². The van der Waals surface area contributed by atoms with Gasteiger partial charge in [-0.25, -0.2) is 4.98 Å². The topological polar surface area (TPSA) is 76.4 Å². The number of aromatic nitrogens is 2. The molecule has 0 bridgehead atoms. The molecule has 3 aromatic rings. The Morgan fingerprint density at radius 3 is 2.25 bits per heavy atom. The maximum atomic E-state index is 11.4. The van der Waals surface area contributed by atoms with E-state index in [0.717, 1.165) is 40.3 Å². The van der Waals surface area contributed by atoms with Crippen LogP contribution in [0.4, 0.5) is 0 Å². The van der Waals surface area contributed by atoms with Crippen LogP contribution in [0.3, 0.4) is 0 Å². The lowest BCUT2D eigenvalue weighted by molar-refractivity contribution is -0.139. The van der Waals surface area contributed by atoms with Gasteiger partial charge in [-0.05, 0) is 63.4 Å². The minimum atomic E-state index is -0.648. The van der Waals surface area contributed by atoms with E-state index in [1.165, 1.54) is 7.11 Å². The molecule has 6 heteroatoms. The predicted molar refractivity (Wildman–Crippen MR) is 126 cm³/mol. The Morgan fingerprint density at radius 1 is 1.06 bits per heavy atom. The van der Waals surface area contributed by atoms with Crippen molar-refractivity contribution in [3.63, 3.8) is 0 Å². The van der Waals surface area contributed by atoms with Crippen molar-refractivity contribution in [1.82, 2.24) is 14.9 Å². The third-order valence-corrected chi connectivity index (χ3v) is 5.67. The zero-order valence-electron chi connectivity index (χ0n) is 19.6. The minimum Gasteiger partial charge on any atom is -0.469 e. The molecular formula is C26H33N3O3. The summed E-state index contributed by atoms with van der Waals surface area (Å²) in [5.41, 5.74) is 4.93. The van der Waals surface area contributed by atoms with E-state index in [0.29, 0.717) is 6.54 Å². The van der Waals surface area contributed by atoms with Gasteiger partial charge in [0.15, 0.2) is 0 Å². The monoisotopic (exact) mass is 435 g/mol. The van der Waals surface area contributed by atoms with Gasteiger partial charge in [-0.2, -0.15) is 0 Å². The molecule has 1 aromatic carbocycles. The van der Waals surface area contributed by atoms with Crippen LogP contribution in [0.2, 0.25) is 0 Å². The summed E-state index contributed by atoms with van der Waals surface area (Å²) in [5, 5.41) is 14.1. The molecule has 0 aliphatic carbocycles. The van der Waals surface area contributed by atoms with Gasteiger partial charge in [0, 0.05) is 35.2 Å². The number of pyridine rings is 1. The third-order valence-electron chi connectivity index (χ3n) is 5.67. The van der Waals surface area contributed by atoms with Crippen molar-refractivity contribution in [2.75, 3.05) is 13.7 Å². The van der Waals surface area contributed by atoms with Crippen molar-refractivity contribution in [1.29, 1.82) is 0 Å². The number of aryl methyl sites for hydroxylation is 2.